The third-order valence-electron chi connectivity index (χ3n) is 4.99. The van der Waals surface area contributed by atoms with Crippen molar-refractivity contribution in [3.8, 4) is 22.7 Å². The molecule has 3 aromatic rings. The molecule has 144 valence electrons. The first-order chi connectivity index (χ1) is 14.2. The average molecular weight is 403 g/mol. The summed E-state index contributed by atoms with van der Waals surface area (Å²) in [4.78, 5) is 9.13. The highest BCUT2D eigenvalue weighted by atomic mass is 32.1. The Morgan fingerprint density at radius 2 is 1.62 bits per heavy atom. The Balaban J connectivity index is 1.41. The lowest BCUT2D eigenvalue weighted by molar-refractivity contribution is 0.247. The molecule has 1 fully saturated rings. The number of hydrogen-bond acceptors (Lipinski definition) is 6. The monoisotopic (exact) mass is 403 g/mol. The van der Waals surface area contributed by atoms with Gasteiger partial charge in [-0.15, -0.1) is 11.3 Å². The van der Waals surface area contributed by atoms with Gasteiger partial charge >= 0.3 is 0 Å². The van der Waals surface area contributed by atoms with Gasteiger partial charge < -0.3 is 4.90 Å². The lowest BCUT2D eigenvalue weighted by Gasteiger charge is -2.36. The summed E-state index contributed by atoms with van der Waals surface area (Å²) in [7, 11) is 0. The molecule has 4 rings (SSSR count). The summed E-state index contributed by atoms with van der Waals surface area (Å²) in [5.74, 6) is -0.249. The lowest BCUT2D eigenvalue weighted by Crippen LogP contribution is -2.46. The molecular formula is C22H18FN5S. The van der Waals surface area contributed by atoms with E-state index in [1.807, 2.05) is 5.38 Å². The Hall–Kier alpha value is -3.26. The fourth-order valence-electron chi connectivity index (χ4n) is 3.53. The summed E-state index contributed by atoms with van der Waals surface area (Å²) in [6, 6.07) is 16.1. The van der Waals surface area contributed by atoms with Crippen LogP contribution in [0.25, 0.3) is 10.6 Å². The van der Waals surface area contributed by atoms with Crippen molar-refractivity contribution in [3.05, 3.63) is 70.5 Å². The number of benzene rings is 2. The number of anilines is 1. The normalized spacial score (nSPS) is 14.4. The minimum Gasteiger partial charge on any atom is -0.367 e. The summed E-state index contributed by atoms with van der Waals surface area (Å²) in [5.41, 5.74) is 3.74. The van der Waals surface area contributed by atoms with Crippen LogP contribution in [-0.2, 0) is 6.54 Å². The predicted molar refractivity (Wildman–Crippen MR) is 111 cm³/mol. The second-order valence-electron chi connectivity index (χ2n) is 6.84. The zero-order chi connectivity index (χ0) is 20.2. The van der Waals surface area contributed by atoms with Gasteiger partial charge in [-0.25, -0.2) is 9.37 Å². The summed E-state index contributed by atoms with van der Waals surface area (Å²) < 4.78 is 13.1. The van der Waals surface area contributed by atoms with Crippen molar-refractivity contribution >= 4 is 17.0 Å². The molecule has 0 radical (unpaired) electrons. The maximum Gasteiger partial charge on any atom is 0.123 e. The van der Waals surface area contributed by atoms with Crippen LogP contribution in [0.3, 0.4) is 0 Å². The Morgan fingerprint density at radius 3 is 2.24 bits per heavy atom. The van der Waals surface area contributed by atoms with Gasteiger partial charge in [0.15, 0.2) is 0 Å². The van der Waals surface area contributed by atoms with Crippen LogP contribution in [0.4, 0.5) is 10.1 Å². The van der Waals surface area contributed by atoms with E-state index in [2.05, 4.69) is 21.9 Å². The Bertz CT molecular complexity index is 1050. The molecule has 0 spiro atoms. The lowest BCUT2D eigenvalue weighted by atomic mass is 10.1. The van der Waals surface area contributed by atoms with Crippen LogP contribution in [0.5, 0.6) is 0 Å². The van der Waals surface area contributed by atoms with Crippen molar-refractivity contribution in [1.29, 1.82) is 10.5 Å². The summed E-state index contributed by atoms with van der Waals surface area (Å²) in [5, 5.41) is 21.7. The van der Waals surface area contributed by atoms with Crippen LogP contribution in [0.1, 0.15) is 16.8 Å². The molecule has 0 amide bonds. The Morgan fingerprint density at radius 1 is 0.966 bits per heavy atom. The van der Waals surface area contributed by atoms with Gasteiger partial charge in [0, 0.05) is 43.7 Å². The molecule has 0 N–H and O–H groups in total. The zero-order valence-corrected chi connectivity index (χ0v) is 16.5. The van der Waals surface area contributed by atoms with Gasteiger partial charge in [-0.3, -0.25) is 4.90 Å². The van der Waals surface area contributed by atoms with Crippen LogP contribution in [-0.4, -0.2) is 36.1 Å². The van der Waals surface area contributed by atoms with Crippen molar-refractivity contribution in [2.45, 2.75) is 6.54 Å². The quantitative estimate of drug-likeness (QED) is 0.658. The fraction of sp³-hybridized carbons (Fsp3) is 0.227. The van der Waals surface area contributed by atoms with E-state index in [-0.39, 0.29) is 5.82 Å². The van der Waals surface area contributed by atoms with Crippen molar-refractivity contribution in [2.75, 3.05) is 31.1 Å². The van der Waals surface area contributed by atoms with Crippen LogP contribution < -0.4 is 4.90 Å². The van der Waals surface area contributed by atoms with Crippen LogP contribution in [0, 0.1) is 28.5 Å². The first-order valence-corrected chi connectivity index (χ1v) is 10.2. The molecule has 2 heterocycles. The molecular weight excluding hydrogens is 385 g/mol. The highest BCUT2D eigenvalue weighted by molar-refractivity contribution is 7.13. The number of aromatic nitrogens is 1. The summed E-state index contributed by atoms with van der Waals surface area (Å²) >= 11 is 1.56. The molecule has 1 aromatic heterocycles. The second kappa shape index (κ2) is 8.40. The van der Waals surface area contributed by atoms with Gasteiger partial charge in [0.05, 0.1) is 22.5 Å². The van der Waals surface area contributed by atoms with Gasteiger partial charge in [0.1, 0.15) is 23.0 Å². The van der Waals surface area contributed by atoms with Crippen molar-refractivity contribution in [2.24, 2.45) is 0 Å². The number of piperazine rings is 1. The maximum atomic E-state index is 13.1. The number of para-hydroxylation sites is 1. The molecule has 1 saturated heterocycles. The molecule has 29 heavy (non-hydrogen) atoms. The van der Waals surface area contributed by atoms with Crippen molar-refractivity contribution in [1.82, 2.24) is 9.88 Å². The standard InChI is InChI=1S/C22H18FN5S/c23-19-6-4-16(5-7-19)22-26-20(15-29-22)14-27-8-10-28(11-9-27)21-17(12-24)2-1-3-18(21)13-25/h1-7,15H,8-11,14H2. The fourth-order valence-corrected chi connectivity index (χ4v) is 4.35. The number of hydrogen-bond donors (Lipinski definition) is 0. The first kappa shape index (κ1) is 19.1. The van der Waals surface area contributed by atoms with E-state index < -0.39 is 0 Å². The van der Waals surface area contributed by atoms with Crippen molar-refractivity contribution < 1.29 is 4.39 Å². The molecule has 1 aliphatic rings. The molecule has 0 unspecified atom stereocenters. The van der Waals surface area contributed by atoms with Gasteiger partial charge in [0.2, 0.25) is 0 Å². The maximum absolute atomic E-state index is 13.1. The van der Waals surface area contributed by atoms with Gasteiger partial charge in [-0.05, 0) is 36.4 Å². The topological polar surface area (TPSA) is 67.0 Å². The predicted octanol–water partition coefficient (Wildman–Crippen LogP) is 4.01. The Kier molecular flexibility index (Phi) is 5.53. The molecule has 2 aromatic carbocycles. The minimum atomic E-state index is -0.249. The molecule has 1 aliphatic heterocycles. The third kappa shape index (κ3) is 4.12. The number of halogens is 1. The van der Waals surface area contributed by atoms with E-state index in [1.165, 1.54) is 12.1 Å². The number of nitriles is 2. The smallest absolute Gasteiger partial charge is 0.123 e. The molecule has 5 nitrogen and oxygen atoms in total. The SMILES string of the molecule is N#Cc1cccc(C#N)c1N1CCN(Cc2csc(-c3ccc(F)cc3)n2)CC1. The number of thiazole rings is 1. The molecule has 7 heteroatoms. The van der Waals surface area contributed by atoms with Gasteiger partial charge in [-0.1, -0.05) is 6.07 Å². The molecule has 0 atom stereocenters. The average Bonchev–Trinajstić information content (AvgIpc) is 3.22. The molecule has 0 bridgehead atoms. The molecule has 0 saturated carbocycles. The van der Waals surface area contributed by atoms with E-state index >= 15 is 0 Å². The van der Waals surface area contributed by atoms with E-state index in [1.54, 1.807) is 41.7 Å². The third-order valence-corrected chi connectivity index (χ3v) is 5.93. The Labute approximate surface area is 172 Å². The summed E-state index contributed by atoms with van der Waals surface area (Å²) in [6.45, 7) is 3.91. The highest BCUT2D eigenvalue weighted by Gasteiger charge is 2.22. The van der Waals surface area contributed by atoms with Gasteiger partial charge in [-0.2, -0.15) is 10.5 Å². The second-order valence-corrected chi connectivity index (χ2v) is 7.70. The number of nitrogens with zero attached hydrogens (tertiary/aromatic N) is 5. The zero-order valence-electron chi connectivity index (χ0n) is 15.7. The summed E-state index contributed by atoms with van der Waals surface area (Å²) in [6.07, 6.45) is 0. The van der Waals surface area contributed by atoms with Gasteiger partial charge in [0.25, 0.3) is 0 Å². The van der Waals surface area contributed by atoms with E-state index in [9.17, 15) is 14.9 Å². The molecule has 0 aliphatic carbocycles. The van der Waals surface area contributed by atoms with E-state index in [0.29, 0.717) is 11.1 Å². The first-order valence-electron chi connectivity index (χ1n) is 9.29. The van der Waals surface area contributed by atoms with Crippen LogP contribution in [0.2, 0.25) is 0 Å². The van der Waals surface area contributed by atoms with Crippen molar-refractivity contribution in [3.63, 3.8) is 0 Å². The largest absolute Gasteiger partial charge is 0.367 e. The minimum absolute atomic E-state index is 0.249. The van der Waals surface area contributed by atoms with E-state index in [0.717, 1.165) is 54.7 Å². The van der Waals surface area contributed by atoms with Crippen LogP contribution >= 0.6 is 11.3 Å². The van der Waals surface area contributed by atoms with Crippen LogP contribution in [0.15, 0.2) is 47.8 Å². The highest BCUT2D eigenvalue weighted by Crippen LogP contribution is 2.27. The number of rotatable bonds is 4. The van der Waals surface area contributed by atoms with E-state index in [4.69, 9.17) is 4.98 Å².